The van der Waals surface area contributed by atoms with Gasteiger partial charge in [0, 0.05) is 22.0 Å². The van der Waals surface area contributed by atoms with Crippen LogP contribution >= 0.6 is 11.6 Å². The minimum atomic E-state index is -0.357. The zero-order valence-electron chi connectivity index (χ0n) is 9.05. The van der Waals surface area contributed by atoms with Crippen LogP contribution in [0.3, 0.4) is 0 Å². The summed E-state index contributed by atoms with van der Waals surface area (Å²) in [5.74, 6) is -0.295. The van der Waals surface area contributed by atoms with Crippen LogP contribution in [0, 0.1) is 11.2 Å². The minimum absolute atomic E-state index is 0.133. The average Bonchev–Trinajstić information content (AvgIpc) is 2.21. The van der Waals surface area contributed by atoms with Crippen LogP contribution < -0.4 is 11.5 Å². The smallest absolute Gasteiger partial charge is 0.128 e. The normalized spacial score (nSPS) is 20.2. The summed E-state index contributed by atoms with van der Waals surface area (Å²) >= 11 is 5.86. The van der Waals surface area contributed by atoms with Gasteiger partial charge in [-0.2, -0.15) is 0 Å². The predicted octanol–water partition coefficient (Wildman–Crippen LogP) is 2.61. The van der Waals surface area contributed by atoms with Gasteiger partial charge in [-0.05, 0) is 37.6 Å². The molecule has 0 aliphatic heterocycles. The van der Waals surface area contributed by atoms with E-state index in [0.29, 0.717) is 17.1 Å². The largest absolute Gasteiger partial charge is 0.330 e. The van der Waals surface area contributed by atoms with E-state index in [-0.39, 0.29) is 17.3 Å². The molecule has 1 aromatic rings. The third-order valence-corrected chi connectivity index (χ3v) is 3.94. The van der Waals surface area contributed by atoms with Gasteiger partial charge in [-0.1, -0.05) is 18.0 Å². The topological polar surface area (TPSA) is 52.0 Å². The van der Waals surface area contributed by atoms with E-state index in [9.17, 15) is 4.39 Å². The van der Waals surface area contributed by atoms with Crippen molar-refractivity contribution in [1.29, 1.82) is 0 Å². The van der Waals surface area contributed by atoms with Gasteiger partial charge in [0.15, 0.2) is 0 Å². The molecule has 2 nitrogen and oxygen atoms in total. The van der Waals surface area contributed by atoms with Crippen molar-refractivity contribution >= 4 is 11.6 Å². The van der Waals surface area contributed by atoms with Crippen LogP contribution in [0.4, 0.5) is 4.39 Å². The SMILES string of the molecule is NCC1(C(N)c2cc(Cl)ccc2F)CCC1. The summed E-state index contributed by atoms with van der Waals surface area (Å²) in [4.78, 5) is 0. The Bertz CT molecular complexity index is 385. The highest BCUT2D eigenvalue weighted by molar-refractivity contribution is 6.30. The Morgan fingerprint density at radius 1 is 1.44 bits per heavy atom. The molecule has 1 unspecified atom stereocenters. The van der Waals surface area contributed by atoms with E-state index in [4.69, 9.17) is 23.1 Å². The fraction of sp³-hybridized carbons (Fsp3) is 0.500. The quantitative estimate of drug-likeness (QED) is 0.856. The Hall–Kier alpha value is -0.640. The molecule has 0 amide bonds. The first-order chi connectivity index (χ1) is 7.59. The summed E-state index contributed by atoms with van der Waals surface area (Å²) < 4.78 is 13.7. The average molecular weight is 243 g/mol. The molecule has 0 bridgehead atoms. The summed E-state index contributed by atoms with van der Waals surface area (Å²) in [5, 5.41) is 0.512. The van der Waals surface area contributed by atoms with Crippen molar-refractivity contribution < 1.29 is 4.39 Å². The van der Waals surface area contributed by atoms with E-state index in [0.717, 1.165) is 19.3 Å². The summed E-state index contributed by atoms with van der Waals surface area (Å²) in [6.07, 6.45) is 3.06. The molecule has 1 aliphatic rings. The van der Waals surface area contributed by atoms with Gasteiger partial charge in [-0.3, -0.25) is 0 Å². The second-order valence-corrected chi connectivity index (χ2v) is 5.00. The molecular formula is C12H16ClFN2. The molecule has 1 aromatic carbocycles. The third-order valence-electron chi connectivity index (χ3n) is 3.71. The Labute approximate surface area is 99.8 Å². The van der Waals surface area contributed by atoms with Crippen molar-refractivity contribution in [3.05, 3.63) is 34.6 Å². The zero-order valence-corrected chi connectivity index (χ0v) is 9.80. The van der Waals surface area contributed by atoms with Gasteiger partial charge in [0.2, 0.25) is 0 Å². The Morgan fingerprint density at radius 2 is 2.12 bits per heavy atom. The minimum Gasteiger partial charge on any atom is -0.330 e. The second-order valence-electron chi connectivity index (χ2n) is 4.56. The molecule has 0 spiro atoms. The van der Waals surface area contributed by atoms with Crippen molar-refractivity contribution in [2.45, 2.75) is 25.3 Å². The number of rotatable bonds is 3. The van der Waals surface area contributed by atoms with E-state index in [1.165, 1.54) is 12.1 Å². The predicted molar refractivity (Wildman–Crippen MR) is 63.7 cm³/mol. The number of benzene rings is 1. The lowest BCUT2D eigenvalue weighted by Crippen LogP contribution is -2.46. The Balaban J connectivity index is 2.32. The maximum atomic E-state index is 13.7. The lowest BCUT2D eigenvalue weighted by atomic mass is 9.62. The third kappa shape index (κ3) is 1.83. The van der Waals surface area contributed by atoms with Crippen LogP contribution in [0.15, 0.2) is 18.2 Å². The van der Waals surface area contributed by atoms with Crippen molar-refractivity contribution in [2.75, 3.05) is 6.54 Å². The summed E-state index contributed by atoms with van der Waals surface area (Å²) in [5.41, 5.74) is 12.2. The number of nitrogens with two attached hydrogens (primary N) is 2. The Kier molecular flexibility index (Phi) is 3.19. The van der Waals surface area contributed by atoms with E-state index in [2.05, 4.69) is 0 Å². The first kappa shape index (κ1) is 11.8. The molecule has 0 radical (unpaired) electrons. The fourth-order valence-electron chi connectivity index (χ4n) is 2.36. The molecule has 0 heterocycles. The highest BCUT2D eigenvalue weighted by Gasteiger charge is 2.42. The van der Waals surface area contributed by atoms with Gasteiger partial charge in [-0.15, -0.1) is 0 Å². The zero-order chi connectivity index (χ0) is 11.8. The fourth-order valence-corrected chi connectivity index (χ4v) is 2.54. The van der Waals surface area contributed by atoms with E-state index < -0.39 is 0 Å². The maximum absolute atomic E-state index is 13.7. The van der Waals surface area contributed by atoms with Crippen molar-refractivity contribution in [3.63, 3.8) is 0 Å². The highest BCUT2D eigenvalue weighted by atomic mass is 35.5. The summed E-state index contributed by atoms with van der Waals surface area (Å²) in [7, 11) is 0. The number of halogens is 2. The molecule has 1 aliphatic carbocycles. The Morgan fingerprint density at radius 3 is 2.62 bits per heavy atom. The van der Waals surface area contributed by atoms with Gasteiger partial charge in [0.25, 0.3) is 0 Å². The van der Waals surface area contributed by atoms with E-state index in [1.807, 2.05) is 0 Å². The number of hydrogen-bond acceptors (Lipinski definition) is 2. The monoisotopic (exact) mass is 242 g/mol. The van der Waals surface area contributed by atoms with Crippen molar-refractivity contribution in [1.82, 2.24) is 0 Å². The molecule has 0 aromatic heterocycles. The first-order valence-corrected chi connectivity index (χ1v) is 5.87. The highest BCUT2D eigenvalue weighted by Crippen LogP contribution is 2.48. The molecule has 0 saturated heterocycles. The number of hydrogen-bond donors (Lipinski definition) is 2. The summed E-state index contributed by atoms with van der Waals surface area (Å²) in [6, 6.07) is 4.14. The molecule has 88 valence electrons. The van der Waals surface area contributed by atoms with E-state index >= 15 is 0 Å². The maximum Gasteiger partial charge on any atom is 0.128 e. The molecule has 4 N–H and O–H groups in total. The van der Waals surface area contributed by atoms with Crippen LogP contribution in [0.5, 0.6) is 0 Å². The van der Waals surface area contributed by atoms with Gasteiger partial charge >= 0.3 is 0 Å². The van der Waals surface area contributed by atoms with Crippen LogP contribution in [0.1, 0.15) is 30.9 Å². The van der Waals surface area contributed by atoms with Gasteiger partial charge in [-0.25, -0.2) is 4.39 Å². The van der Waals surface area contributed by atoms with Crippen LogP contribution in [0.2, 0.25) is 5.02 Å². The summed E-state index contributed by atoms with van der Waals surface area (Å²) in [6.45, 7) is 0.500. The molecule has 2 rings (SSSR count). The van der Waals surface area contributed by atoms with Crippen molar-refractivity contribution in [2.24, 2.45) is 16.9 Å². The lowest BCUT2D eigenvalue weighted by molar-refractivity contribution is 0.103. The molecular weight excluding hydrogens is 227 g/mol. The van der Waals surface area contributed by atoms with Crippen LogP contribution in [0.25, 0.3) is 0 Å². The van der Waals surface area contributed by atoms with E-state index in [1.54, 1.807) is 6.07 Å². The van der Waals surface area contributed by atoms with Gasteiger partial charge < -0.3 is 11.5 Å². The van der Waals surface area contributed by atoms with Crippen LogP contribution in [-0.2, 0) is 0 Å². The molecule has 16 heavy (non-hydrogen) atoms. The van der Waals surface area contributed by atoms with Gasteiger partial charge in [0.05, 0.1) is 0 Å². The van der Waals surface area contributed by atoms with Gasteiger partial charge in [0.1, 0.15) is 5.82 Å². The standard InChI is InChI=1S/C12H16ClFN2/c13-8-2-3-10(14)9(6-8)11(16)12(7-15)4-1-5-12/h2-3,6,11H,1,4-5,7,15-16H2. The molecule has 1 atom stereocenters. The first-order valence-electron chi connectivity index (χ1n) is 5.50. The van der Waals surface area contributed by atoms with Crippen molar-refractivity contribution in [3.8, 4) is 0 Å². The molecule has 1 saturated carbocycles. The lowest BCUT2D eigenvalue weighted by Gasteiger charge is -2.45. The second kappa shape index (κ2) is 4.32. The molecule has 1 fully saturated rings. The van der Waals surface area contributed by atoms with Crippen LogP contribution in [-0.4, -0.2) is 6.54 Å². The molecule has 4 heteroatoms.